The molecule has 1 saturated carbocycles. The molecule has 2 fully saturated rings. The number of ether oxygens (including phenoxy) is 1. The lowest BCUT2D eigenvalue weighted by Crippen LogP contribution is -2.38. The second-order valence-corrected chi connectivity index (χ2v) is 6.47. The molecule has 24 heavy (non-hydrogen) atoms. The number of fused-ring (bicyclic) bond motifs is 1. The van der Waals surface area contributed by atoms with Crippen LogP contribution >= 0.6 is 0 Å². The number of nitro benzene ring substituents is 1. The molecule has 0 unspecified atom stereocenters. The molecule has 3 aliphatic carbocycles. The van der Waals surface area contributed by atoms with E-state index in [4.69, 9.17) is 4.74 Å². The first-order valence-corrected chi connectivity index (χ1v) is 7.91. The van der Waals surface area contributed by atoms with E-state index in [0.717, 1.165) is 17.7 Å². The molecule has 1 heterocycles. The fraction of sp³-hybridized carbons (Fsp3) is 0.412. The largest absolute Gasteiger partial charge is 0.496 e. The second kappa shape index (κ2) is 5.15. The van der Waals surface area contributed by atoms with Gasteiger partial charge in [-0.25, -0.2) is 4.90 Å². The van der Waals surface area contributed by atoms with Gasteiger partial charge in [-0.15, -0.1) is 0 Å². The van der Waals surface area contributed by atoms with Gasteiger partial charge in [0.1, 0.15) is 11.4 Å². The first kappa shape index (κ1) is 14.9. The zero-order valence-corrected chi connectivity index (χ0v) is 13.0. The number of imide groups is 1. The Kier molecular flexibility index (Phi) is 3.19. The van der Waals surface area contributed by atoms with Gasteiger partial charge in [-0.05, 0) is 36.8 Å². The van der Waals surface area contributed by atoms with Gasteiger partial charge in [0.05, 0.1) is 29.9 Å². The number of nitrogens with zero attached hydrogens (tertiary/aromatic N) is 2. The normalized spacial score (nSPS) is 30.6. The van der Waals surface area contributed by atoms with Crippen LogP contribution in [0.3, 0.4) is 0 Å². The van der Waals surface area contributed by atoms with Gasteiger partial charge in [0.25, 0.3) is 5.69 Å². The van der Waals surface area contributed by atoms with Crippen LogP contribution in [0, 0.1) is 33.8 Å². The highest BCUT2D eigenvalue weighted by Gasteiger charge is 2.57. The van der Waals surface area contributed by atoms with E-state index in [9.17, 15) is 19.7 Å². The SMILES string of the molecule is COc1ccc(N2C(=O)[C@@H]3[C@@H](C2=O)[C@@H]2C=C[C@@H]3CC2)c([N+](=O)[O-])c1. The second-order valence-electron chi connectivity index (χ2n) is 6.47. The molecular weight excluding hydrogens is 312 g/mol. The van der Waals surface area contributed by atoms with Crippen LogP contribution in [0.1, 0.15) is 12.8 Å². The first-order valence-electron chi connectivity index (χ1n) is 7.91. The third kappa shape index (κ3) is 1.90. The zero-order valence-electron chi connectivity index (χ0n) is 13.0. The predicted molar refractivity (Wildman–Crippen MR) is 84.5 cm³/mol. The van der Waals surface area contributed by atoms with Crippen LogP contribution in [0.2, 0.25) is 0 Å². The topological polar surface area (TPSA) is 89.8 Å². The maximum atomic E-state index is 12.9. The molecule has 0 radical (unpaired) electrons. The molecule has 4 aliphatic rings. The van der Waals surface area contributed by atoms with Gasteiger partial charge in [0.15, 0.2) is 0 Å². The number of carbonyl (C=O) groups excluding carboxylic acids is 2. The summed E-state index contributed by atoms with van der Waals surface area (Å²) in [6, 6.07) is 4.18. The van der Waals surface area contributed by atoms with E-state index in [1.54, 1.807) is 0 Å². The fourth-order valence-electron chi connectivity index (χ4n) is 4.28. The maximum Gasteiger partial charge on any atom is 0.297 e. The molecule has 2 amide bonds. The van der Waals surface area contributed by atoms with Crippen LogP contribution in [-0.4, -0.2) is 23.8 Å². The molecule has 0 spiro atoms. The average Bonchev–Trinajstić information content (AvgIpc) is 2.88. The number of amides is 2. The molecule has 4 atom stereocenters. The molecule has 2 bridgehead atoms. The van der Waals surface area contributed by atoms with Gasteiger partial charge >= 0.3 is 0 Å². The molecule has 5 rings (SSSR count). The Balaban J connectivity index is 1.80. The van der Waals surface area contributed by atoms with E-state index < -0.39 is 4.92 Å². The van der Waals surface area contributed by atoms with Crippen LogP contribution < -0.4 is 9.64 Å². The molecular formula is C17H16N2O5. The lowest BCUT2D eigenvalue weighted by molar-refractivity contribution is -0.384. The number of anilines is 1. The van der Waals surface area contributed by atoms with Crippen molar-refractivity contribution in [1.82, 2.24) is 0 Å². The van der Waals surface area contributed by atoms with Crippen LogP contribution in [0.15, 0.2) is 30.4 Å². The summed E-state index contributed by atoms with van der Waals surface area (Å²) in [7, 11) is 1.41. The Morgan fingerprint density at radius 2 is 1.71 bits per heavy atom. The number of allylic oxidation sites excluding steroid dienone is 2. The number of methoxy groups -OCH3 is 1. The van der Waals surface area contributed by atoms with Gasteiger partial charge in [0.2, 0.25) is 11.8 Å². The van der Waals surface area contributed by atoms with Gasteiger partial charge in [0, 0.05) is 0 Å². The van der Waals surface area contributed by atoms with E-state index in [1.165, 1.54) is 25.3 Å². The molecule has 1 aliphatic heterocycles. The highest BCUT2D eigenvalue weighted by molar-refractivity contribution is 6.23. The minimum atomic E-state index is -0.590. The fourth-order valence-corrected chi connectivity index (χ4v) is 4.28. The molecule has 0 aromatic heterocycles. The summed E-state index contributed by atoms with van der Waals surface area (Å²) in [4.78, 5) is 37.6. The quantitative estimate of drug-likeness (QED) is 0.367. The number of benzene rings is 1. The number of rotatable bonds is 3. The van der Waals surface area contributed by atoms with Crippen LogP contribution in [0.25, 0.3) is 0 Å². The van der Waals surface area contributed by atoms with Crippen molar-refractivity contribution in [2.45, 2.75) is 12.8 Å². The van der Waals surface area contributed by atoms with E-state index in [1.807, 2.05) is 12.2 Å². The van der Waals surface area contributed by atoms with Gasteiger partial charge in [-0.3, -0.25) is 19.7 Å². The Hall–Kier alpha value is -2.70. The Bertz CT molecular complexity index is 755. The van der Waals surface area contributed by atoms with Crippen molar-refractivity contribution >= 4 is 23.2 Å². The zero-order chi connectivity index (χ0) is 17.0. The number of nitro groups is 1. The summed E-state index contributed by atoms with van der Waals surface area (Å²) >= 11 is 0. The minimum Gasteiger partial charge on any atom is -0.496 e. The van der Waals surface area contributed by atoms with Crippen molar-refractivity contribution in [3.05, 3.63) is 40.5 Å². The Morgan fingerprint density at radius 1 is 1.12 bits per heavy atom. The molecule has 124 valence electrons. The number of carbonyl (C=O) groups is 2. The molecule has 7 heteroatoms. The molecule has 7 nitrogen and oxygen atoms in total. The van der Waals surface area contributed by atoms with Crippen molar-refractivity contribution < 1.29 is 19.2 Å². The van der Waals surface area contributed by atoms with Crippen molar-refractivity contribution in [2.24, 2.45) is 23.7 Å². The molecule has 0 N–H and O–H groups in total. The Labute approximate surface area is 138 Å². The highest BCUT2D eigenvalue weighted by atomic mass is 16.6. The van der Waals surface area contributed by atoms with Crippen LogP contribution in [0.5, 0.6) is 5.75 Å². The van der Waals surface area contributed by atoms with Crippen molar-refractivity contribution in [3.63, 3.8) is 0 Å². The standard InChI is InChI=1S/C17H16N2O5/c1-24-11-6-7-12(13(8-11)19(22)23)18-16(20)14-9-2-3-10(5-4-9)15(14)17(18)21/h2-3,6-10,14-15H,4-5H2,1H3/t9-,10-,14+,15+/m1/s1. The molecule has 1 aromatic carbocycles. The summed E-state index contributed by atoms with van der Waals surface area (Å²) < 4.78 is 5.01. The summed E-state index contributed by atoms with van der Waals surface area (Å²) in [5.41, 5.74) is -0.264. The third-order valence-corrected chi connectivity index (χ3v) is 5.38. The lowest BCUT2D eigenvalue weighted by Gasteiger charge is -2.38. The van der Waals surface area contributed by atoms with E-state index in [2.05, 4.69) is 0 Å². The van der Waals surface area contributed by atoms with Crippen molar-refractivity contribution in [2.75, 3.05) is 12.0 Å². The molecule has 1 saturated heterocycles. The van der Waals surface area contributed by atoms with E-state index in [0.29, 0.717) is 5.75 Å². The maximum absolute atomic E-state index is 12.9. The summed E-state index contributed by atoms with van der Waals surface area (Å²) in [5, 5.41) is 11.4. The monoisotopic (exact) mass is 328 g/mol. The lowest BCUT2D eigenvalue weighted by atomic mass is 9.63. The van der Waals surface area contributed by atoms with Gasteiger partial charge in [-0.2, -0.15) is 0 Å². The number of hydrogen-bond donors (Lipinski definition) is 0. The predicted octanol–water partition coefficient (Wildman–Crippen LogP) is 2.30. The van der Waals surface area contributed by atoms with Gasteiger partial charge < -0.3 is 4.74 Å². The van der Waals surface area contributed by atoms with Crippen molar-refractivity contribution in [1.29, 1.82) is 0 Å². The first-order chi connectivity index (χ1) is 11.5. The van der Waals surface area contributed by atoms with Crippen LogP contribution in [0.4, 0.5) is 11.4 Å². The van der Waals surface area contributed by atoms with Gasteiger partial charge in [-0.1, -0.05) is 12.2 Å². The average molecular weight is 328 g/mol. The summed E-state index contributed by atoms with van der Waals surface area (Å²) in [5.74, 6) is -0.998. The Morgan fingerprint density at radius 3 is 2.17 bits per heavy atom. The summed E-state index contributed by atoms with van der Waals surface area (Å²) in [6.07, 6.45) is 5.82. The molecule has 1 aromatic rings. The van der Waals surface area contributed by atoms with Crippen LogP contribution in [-0.2, 0) is 9.59 Å². The smallest absolute Gasteiger partial charge is 0.297 e. The third-order valence-electron chi connectivity index (χ3n) is 5.38. The van der Waals surface area contributed by atoms with Crippen molar-refractivity contribution in [3.8, 4) is 5.75 Å². The highest BCUT2D eigenvalue weighted by Crippen LogP contribution is 2.51. The summed E-state index contributed by atoms with van der Waals surface area (Å²) in [6.45, 7) is 0. The van der Waals surface area contributed by atoms with E-state index in [-0.39, 0.29) is 46.9 Å². The number of hydrogen-bond acceptors (Lipinski definition) is 5. The minimum absolute atomic E-state index is 0.0320. The van der Waals surface area contributed by atoms with E-state index >= 15 is 0 Å².